The monoisotopic (exact) mass is 274 g/mol. The van der Waals surface area contributed by atoms with Crippen LogP contribution in [0.5, 0.6) is 5.75 Å². The summed E-state index contributed by atoms with van der Waals surface area (Å²) in [6, 6.07) is 7.35. The summed E-state index contributed by atoms with van der Waals surface area (Å²) < 4.78 is 5.47. The molecule has 0 aliphatic carbocycles. The molecule has 1 aliphatic heterocycles. The summed E-state index contributed by atoms with van der Waals surface area (Å²) in [4.78, 5) is 12.2. The second-order valence-corrected chi connectivity index (χ2v) is 4.75. The quantitative estimate of drug-likeness (QED) is 0.781. The Labute approximate surface area is 120 Å². The average Bonchev–Trinajstić information content (AvgIpc) is 2.49. The van der Waals surface area contributed by atoms with Gasteiger partial charge in [0.25, 0.3) is 5.91 Å². The first-order valence-corrected chi connectivity index (χ1v) is 7.20. The van der Waals surface area contributed by atoms with Crippen molar-refractivity contribution in [2.75, 3.05) is 26.2 Å². The van der Waals surface area contributed by atoms with Crippen LogP contribution in [-0.2, 0) is 0 Å². The molecule has 1 aromatic rings. The lowest BCUT2D eigenvalue weighted by Crippen LogP contribution is -2.27. The molecular formula is C16H22N2O2. The molecule has 1 heterocycles. The Balaban J connectivity index is 1.86. The summed E-state index contributed by atoms with van der Waals surface area (Å²) in [5.41, 5.74) is 2.02. The molecule has 0 atom stereocenters. The molecule has 0 saturated carbocycles. The lowest BCUT2D eigenvalue weighted by Gasteiger charge is -2.14. The van der Waals surface area contributed by atoms with Crippen molar-refractivity contribution < 1.29 is 9.53 Å². The normalized spacial score (nSPS) is 14.6. The summed E-state index contributed by atoms with van der Waals surface area (Å²) in [6.07, 6.45) is 4.21. The highest BCUT2D eigenvalue weighted by Crippen LogP contribution is 2.17. The van der Waals surface area contributed by atoms with E-state index in [9.17, 15) is 4.79 Å². The fourth-order valence-corrected chi connectivity index (χ4v) is 2.26. The summed E-state index contributed by atoms with van der Waals surface area (Å²) in [6.45, 7) is 5.12. The molecule has 4 heteroatoms. The van der Waals surface area contributed by atoms with Crippen molar-refractivity contribution in [1.29, 1.82) is 0 Å². The van der Waals surface area contributed by atoms with E-state index in [1.165, 1.54) is 5.57 Å². The smallest absolute Gasteiger partial charge is 0.255 e. The van der Waals surface area contributed by atoms with Gasteiger partial charge >= 0.3 is 0 Å². The number of carbonyl (C=O) groups excluding carboxylic acids is 1. The molecule has 2 N–H and O–H groups in total. The highest BCUT2D eigenvalue weighted by molar-refractivity contribution is 5.96. The Morgan fingerprint density at radius 1 is 1.40 bits per heavy atom. The van der Waals surface area contributed by atoms with Crippen LogP contribution < -0.4 is 15.4 Å². The number of rotatable bonds is 6. The zero-order chi connectivity index (χ0) is 14.2. The molecule has 1 aliphatic rings. The molecule has 0 bridgehead atoms. The Morgan fingerprint density at radius 3 is 3.00 bits per heavy atom. The molecule has 4 nitrogen and oxygen atoms in total. The Hall–Kier alpha value is -1.81. The van der Waals surface area contributed by atoms with Crippen LogP contribution in [0.1, 0.15) is 30.1 Å². The largest absolute Gasteiger partial charge is 0.493 e. The molecule has 0 unspecified atom stereocenters. The minimum atomic E-state index is -0.0661. The van der Waals surface area contributed by atoms with Gasteiger partial charge in [0.1, 0.15) is 5.75 Å². The molecule has 0 aromatic heterocycles. The van der Waals surface area contributed by atoms with Crippen molar-refractivity contribution >= 4 is 5.91 Å². The van der Waals surface area contributed by atoms with Gasteiger partial charge in [-0.2, -0.15) is 0 Å². The van der Waals surface area contributed by atoms with Crippen LogP contribution >= 0.6 is 0 Å². The van der Waals surface area contributed by atoms with E-state index < -0.39 is 0 Å². The van der Waals surface area contributed by atoms with Gasteiger partial charge in [0.2, 0.25) is 0 Å². The second-order valence-electron chi connectivity index (χ2n) is 4.75. The van der Waals surface area contributed by atoms with Gasteiger partial charge in [-0.1, -0.05) is 23.8 Å². The van der Waals surface area contributed by atoms with E-state index in [-0.39, 0.29) is 5.91 Å². The predicted molar refractivity (Wildman–Crippen MR) is 80.1 cm³/mol. The topological polar surface area (TPSA) is 50.4 Å². The van der Waals surface area contributed by atoms with Gasteiger partial charge < -0.3 is 15.4 Å². The van der Waals surface area contributed by atoms with Crippen LogP contribution in [0.25, 0.3) is 0 Å². The molecule has 108 valence electrons. The summed E-state index contributed by atoms with van der Waals surface area (Å²) in [5, 5.41) is 6.25. The van der Waals surface area contributed by atoms with Crippen molar-refractivity contribution in [2.45, 2.75) is 19.8 Å². The number of ether oxygens (including phenoxy) is 1. The number of benzene rings is 1. The number of hydrogen-bond donors (Lipinski definition) is 2. The van der Waals surface area contributed by atoms with Gasteiger partial charge in [0.05, 0.1) is 12.2 Å². The van der Waals surface area contributed by atoms with E-state index in [0.29, 0.717) is 24.5 Å². The predicted octanol–water partition coefficient (Wildman–Crippen LogP) is 2.12. The Bertz CT molecular complexity index is 483. The molecule has 0 spiro atoms. The van der Waals surface area contributed by atoms with Crippen molar-refractivity contribution in [3.8, 4) is 5.75 Å². The molecule has 20 heavy (non-hydrogen) atoms. The molecule has 0 fully saturated rings. The Kier molecular flexibility index (Phi) is 5.62. The zero-order valence-corrected chi connectivity index (χ0v) is 11.9. The second kappa shape index (κ2) is 7.70. The molecule has 0 radical (unpaired) electrons. The SMILES string of the molecule is CCOc1ccccc1C(=O)NCCC1=CCNCC1. The van der Waals surface area contributed by atoms with E-state index in [1.54, 1.807) is 6.07 Å². The van der Waals surface area contributed by atoms with Crippen LogP contribution in [0, 0.1) is 0 Å². The third-order valence-corrected chi connectivity index (χ3v) is 3.32. The molecule has 1 amide bonds. The maximum atomic E-state index is 12.2. The van der Waals surface area contributed by atoms with Crippen molar-refractivity contribution in [2.24, 2.45) is 0 Å². The van der Waals surface area contributed by atoms with Crippen LogP contribution in [-0.4, -0.2) is 32.1 Å². The van der Waals surface area contributed by atoms with Gasteiger partial charge in [0, 0.05) is 13.1 Å². The maximum absolute atomic E-state index is 12.2. The van der Waals surface area contributed by atoms with E-state index in [4.69, 9.17) is 4.74 Å². The van der Waals surface area contributed by atoms with Crippen molar-refractivity contribution in [3.05, 3.63) is 41.5 Å². The number of hydrogen-bond acceptors (Lipinski definition) is 3. The minimum absolute atomic E-state index is 0.0661. The Morgan fingerprint density at radius 2 is 2.25 bits per heavy atom. The van der Waals surface area contributed by atoms with Gasteiger partial charge in [-0.15, -0.1) is 0 Å². The first-order chi connectivity index (χ1) is 9.81. The first kappa shape index (κ1) is 14.6. The fraction of sp³-hybridized carbons (Fsp3) is 0.438. The molecule has 2 rings (SSSR count). The van der Waals surface area contributed by atoms with Crippen LogP contribution in [0.2, 0.25) is 0 Å². The van der Waals surface area contributed by atoms with Crippen molar-refractivity contribution in [3.63, 3.8) is 0 Å². The highest BCUT2D eigenvalue weighted by Gasteiger charge is 2.11. The van der Waals surface area contributed by atoms with Gasteiger partial charge in [0.15, 0.2) is 0 Å². The third-order valence-electron chi connectivity index (χ3n) is 3.32. The third kappa shape index (κ3) is 4.10. The highest BCUT2D eigenvalue weighted by atomic mass is 16.5. The molecule has 1 aromatic carbocycles. The summed E-state index contributed by atoms with van der Waals surface area (Å²) >= 11 is 0. The maximum Gasteiger partial charge on any atom is 0.255 e. The first-order valence-electron chi connectivity index (χ1n) is 7.20. The minimum Gasteiger partial charge on any atom is -0.493 e. The molecular weight excluding hydrogens is 252 g/mol. The fourth-order valence-electron chi connectivity index (χ4n) is 2.26. The van der Waals surface area contributed by atoms with E-state index >= 15 is 0 Å². The van der Waals surface area contributed by atoms with E-state index in [0.717, 1.165) is 25.9 Å². The number of nitrogens with one attached hydrogen (secondary N) is 2. The lowest BCUT2D eigenvalue weighted by atomic mass is 10.1. The van der Waals surface area contributed by atoms with Crippen LogP contribution in [0.4, 0.5) is 0 Å². The average molecular weight is 274 g/mol. The number of carbonyl (C=O) groups is 1. The zero-order valence-electron chi connectivity index (χ0n) is 11.9. The summed E-state index contributed by atoms with van der Waals surface area (Å²) in [5.74, 6) is 0.581. The van der Waals surface area contributed by atoms with Gasteiger partial charge in [-0.3, -0.25) is 4.79 Å². The lowest BCUT2D eigenvalue weighted by molar-refractivity contribution is 0.0950. The van der Waals surface area contributed by atoms with Crippen molar-refractivity contribution in [1.82, 2.24) is 10.6 Å². The molecule has 0 saturated heterocycles. The van der Waals surface area contributed by atoms with E-state index in [1.807, 2.05) is 25.1 Å². The van der Waals surface area contributed by atoms with Gasteiger partial charge in [-0.25, -0.2) is 0 Å². The standard InChI is InChI=1S/C16H22N2O2/c1-2-20-15-6-4-3-5-14(15)16(19)18-12-9-13-7-10-17-11-8-13/h3-7,17H,2,8-12H2,1H3,(H,18,19). The number of amides is 1. The summed E-state index contributed by atoms with van der Waals surface area (Å²) in [7, 11) is 0. The van der Waals surface area contributed by atoms with E-state index in [2.05, 4.69) is 16.7 Å². The number of para-hydroxylation sites is 1. The van der Waals surface area contributed by atoms with Crippen LogP contribution in [0.15, 0.2) is 35.9 Å². The van der Waals surface area contributed by atoms with Gasteiger partial charge in [-0.05, 0) is 38.4 Å². The van der Waals surface area contributed by atoms with Crippen LogP contribution in [0.3, 0.4) is 0 Å².